The minimum absolute atomic E-state index is 0.249. The normalized spacial score (nSPS) is 25.1. The zero-order valence-corrected chi connectivity index (χ0v) is 12.0. The van der Waals surface area contributed by atoms with E-state index >= 15 is 0 Å². The Morgan fingerprint density at radius 2 is 1.95 bits per heavy atom. The van der Waals surface area contributed by atoms with Crippen molar-refractivity contribution in [3.05, 3.63) is 29.8 Å². The fraction of sp³-hybridized carbons (Fsp3) is 0.600. The van der Waals surface area contributed by atoms with E-state index in [1.807, 2.05) is 24.3 Å². The van der Waals surface area contributed by atoms with Crippen LogP contribution in [0.2, 0.25) is 0 Å². The molecule has 2 rings (SSSR count). The van der Waals surface area contributed by atoms with E-state index in [0.717, 1.165) is 24.2 Å². The minimum atomic E-state index is -0.434. The first-order valence-electron chi connectivity index (χ1n) is 6.85. The molecule has 3 atom stereocenters. The molecule has 1 fully saturated rings. The summed E-state index contributed by atoms with van der Waals surface area (Å²) in [5.74, 6) is 0. The molecule has 1 aliphatic rings. The van der Waals surface area contributed by atoms with Crippen LogP contribution in [-0.2, 0) is 0 Å². The monoisotopic (exact) mass is 264 g/mol. The van der Waals surface area contributed by atoms with Gasteiger partial charge in [0.2, 0.25) is 0 Å². The molecule has 19 heavy (non-hydrogen) atoms. The summed E-state index contributed by atoms with van der Waals surface area (Å²) in [6, 6.07) is 8.32. The van der Waals surface area contributed by atoms with Gasteiger partial charge in [-0.1, -0.05) is 12.1 Å². The summed E-state index contributed by atoms with van der Waals surface area (Å²) in [7, 11) is 4.11. The third-order valence-corrected chi connectivity index (χ3v) is 3.68. The van der Waals surface area contributed by atoms with Gasteiger partial charge in [0, 0.05) is 24.8 Å². The summed E-state index contributed by atoms with van der Waals surface area (Å²) in [6.45, 7) is 3.39. The molecule has 1 saturated heterocycles. The fourth-order valence-corrected chi connectivity index (χ4v) is 2.75. The lowest BCUT2D eigenvalue weighted by Gasteiger charge is -2.29. The van der Waals surface area contributed by atoms with E-state index in [0.29, 0.717) is 12.6 Å². The lowest BCUT2D eigenvalue weighted by Crippen LogP contribution is -2.37. The lowest BCUT2D eigenvalue weighted by molar-refractivity contribution is 0.191. The summed E-state index contributed by atoms with van der Waals surface area (Å²) < 4.78 is 0. The Hall–Kier alpha value is -1.10. The number of β-amino-alcohol motifs (C(OH)–C–C–N with tert-alkyl or cyclic N) is 1. The van der Waals surface area contributed by atoms with Gasteiger partial charge < -0.3 is 20.0 Å². The molecule has 1 aromatic rings. The highest BCUT2D eigenvalue weighted by molar-refractivity contribution is 5.50. The number of benzene rings is 1. The number of rotatable bonds is 4. The molecule has 0 aromatic heterocycles. The zero-order chi connectivity index (χ0) is 14.0. The Labute approximate surface area is 115 Å². The molecular weight excluding hydrogens is 240 g/mol. The Bertz CT molecular complexity index is 403. The smallest absolute Gasteiger partial charge is 0.0761 e. The summed E-state index contributed by atoms with van der Waals surface area (Å²) in [6.07, 6.45) is 0.133. The molecule has 106 valence electrons. The standard InChI is InChI=1S/C15H24N2O2/c1-11(18)12-4-6-13(7-5-12)17-10-15(19)8-14(17)9-16(2)3/h4-7,11,14-15,18-19H,8-10H2,1-3H3/t11-,14?,15?/m1/s1. The van der Waals surface area contributed by atoms with Crippen LogP contribution in [0.25, 0.3) is 0 Å². The predicted molar refractivity (Wildman–Crippen MR) is 77.4 cm³/mol. The van der Waals surface area contributed by atoms with Crippen LogP contribution in [0.5, 0.6) is 0 Å². The average molecular weight is 264 g/mol. The molecule has 0 saturated carbocycles. The second-order valence-electron chi connectivity index (χ2n) is 5.73. The SMILES string of the molecule is C[C@@H](O)c1ccc(N2CC(O)CC2CN(C)C)cc1. The van der Waals surface area contributed by atoms with Crippen molar-refractivity contribution in [2.45, 2.75) is 31.6 Å². The van der Waals surface area contributed by atoms with Crippen molar-refractivity contribution in [2.24, 2.45) is 0 Å². The van der Waals surface area contributed by atoms with Crippen molar-refractivity contribution < 1.29 is 10.2 Å². The van der Waals surface area contributed by atoms with Crippen molar-refractivity contribution in [3.8, 4) is 0 Å². The van der Waals surface area contributed by atoms with Crippen LogP contribution in [-0.4, -0.2) is 54.4 Å². The van der Waals surface area contributed by atoms with Crippen LogP contribution < -0.4 is 4.90 Å². The topological polar surface area (TPSA) is 46.9 Å². The molecule has 2 N–H and O–H groups in total. The number of aliphatic hydroxyl groups excluding tert-OH is 2. The number of hydrogen-bond donors (Lipinski definition) is 2. The molecule has 0 spiro atoms. The van der Waals surface area contributed by atoms with Gasteiger partial charge in [-0.05, 0) is 45.1 Å². The van der Waals surface area contributed by atoms with Crippen molar-refractivity contribution in [1.29, 1.82) is 0 Å². The quantitative estimate of drug-likeness (QED) is 0.859. The Morgan fingerprint density at radius 3 is 2.47 bits per heavy atom. The van der Waals surface area contributed by atoms with Crippen LogP contribution in [0.3, 0.4) is 0 Å². The molecule has 1 aliphatic heterocycles. The number of nitrogens with zero attached hydrogens (tertiary/aromatic N) is 2. The predicted octanol–water partition coefficient (Wildman–Crippen LogP) is 1.24. The first kappa shape index (κ1) is 14.3. The van der Waals surface area contributed by atoms with Crippen molar-refractivity contribution >= 4 is 5.69 Å². The Morgan fingerprint density at radius 1 is 1.32 bits per heavy atom. The summed E-state index contributed by atoms with van der Waals surface area (Å²) in [5, 5.41) is 19.4. The molecule has 1 heterocycles. The summed E-state index contributed by atoms with van der Waals surface area (Å²) in [5.41, 5.74) is 2.04. The summed E-state index contributed by atoms with van der Waals surface area (Å²) >= 11 is 0. The average Bonchev–Trinajstić information content (AvgIpc) is 2.69. The van der Waals surface area contributed by atoms with E-state index in [2.05, 4.69) is 23.9 Å². The Balaban J connectivity index is 2.14. The molecule has 0 amide bonds. The van der Waals surface area contributed by atoms with Crippen LogP contribution in [0.4, 0.5) is 5.69 Å². The molecule has 0 bridgehead atoms. The van der Waals surface area contributed by atoms with E-state index in [1.54, 1.807) is 6.92 Å². The molecule has 4 heteroatoms. The summed E-state index contributed by atoms with van der Waals surface area (Å²) in [4.78, 5) is 4.41. The van der Waals surface area contributed by atoms with Gasteiger partial charge in [0.05, 0.1) is 12.2 Å². The lowest BCUT2D eigenvalue weighted by atomic mass is 10.1. The maximum absolute atomic E-state index is 9.89. The highest BCUT2D eigenvalue weighted by atomic mass is 16.3. The van der Waals surface area contributed by atoms with Crippen LogP contribution in [0.1, 0.15) is 25.0 Å². The van der Waals surface area contributed by atoms with Crippen LogP contribution in [0, 0.1) is 0 Å². The third-order valence-electron chi connectivity index (χ3n) is 3.68. The van der Waals surface area contributed by atoms with Gasteiger partial charge in [-0.15, -0.1) is 0 Å². The van der Waals surface area contributed by atoms with Gasteiger partial charge in [0.15, 0.2) is 0 Å². The zero-order valence-electron chi connectivity index (χ0n) is 12.0. The van der Waals surface area contributed by atoms with Gasteiger partial charge in [-0.2, -0.15) is 0 Å². The molecular formula is C15H24N2O2. The third kappa shape index (κ3) is 3.47. The Kier molecular flexibility index (Phi) is 4.45. The first-order chi connectivity index (χ1) is 8.97. The highest BCUT2D eigenvalue weighted by Gasteiger charge is 2.31. The van der Waals surface area contributed by atoms with E-state index in [1.165, 1.54) is 0 Å². The number of hydrogen-bond acceptors (Lipinski definition) is 4. The van der Waals surface area contributed by atoms with Gasteiger partial charge in [0.1, 0.15) is 0 Å². The second kappa shape index (κ2) is 5.90. The largest absolute Gasteiger partial charge is 0.391 e. The maximum Gasteiger partial charge on any atom is 0.0761 e. The highest BCUT2D eigenvalue weighted by Crippen LogP contribution is 2.27. The van der Waals surface area contributed by atoms with Gasteiger partial charge in [-0.25, -0.2) is 0 Å². The van der Waals surface area contributed by atoms with E-state index in [4.69, 9.17) is 0 Å². The molecule has 1 aromatic carbocycles. The van der Waals surface area contributed by atoms with Crippen LogP contribution >= 0.6 is 0 Å². The number of anilines is 1. The van der Waals surface area contributed by atoms with Gasteiger partial charge in [-0.3, -0.25) is 0 Å². The van der Waals surface area contributed by atoms with E-state index in [-0.39, 0.29) is 6.10 Å². The molecule has 0 radical (unpaired) electrons. The maximum atomic E-state index is 9.89. The van der Waals surface area contributed by atoms with Crippen molar-refractivity contribution in [2.75, 3.05) is 32.1 Å². The number of aliphatic hydroxyl groups is 2. The van der Waals surface area contributed by atoms with E-state index < -0.39 is 6.10 Å². The second-order valence-corrected chi connectivity index (χ2v) is 5.73. The van der Waals surface area contributed by atoms with Crippen LogP contribution in [0.15, 0.2) is 24.3 Å². The van der Waals surface area contributed by atoms with E-state index in [9.17, 15) is 10.2 Å². The molecule has 2 unspecified atom stereocenters. The molecule has 0 aliphatic carbocycles. The number of likely N-dealkylation sites (N-methyl/N-ethyl adjacent to an activating group) is 1. The first-order valence-corrected chi connectivity index (χ1v) is 6.85. The molecule has 4 nitrogen and oxygen atoms in total. The van der Waals surface area contributed by atoms with Crippen molar-refractivity contribution in [1.82, 2.24) is 4.90 Å². The van der Waals surface area contributed by atoms with Gasteiger partial charge in [0.25, 0.3) is 0 Å². The van der Waals surface area contributed by atoms with Crippen molar-refractivity contribution in [3.63, 3.8) is 0 Å². The minimum Gasteiger partial charge on any atom is -0.391 e. The van der Waals surface area contributed by atoms with Gasteiger partial charge >= 0.3 is 0 Å². The fourth-order valence-electron chi connectivity index (χ4n) is 2.75.